The molecule has 0 nitrogen and oxygen atoms in total. The average Bonchev–Trinajstić information content (AvgIpc) is 2.05. The van der Waals surface area contributed by atoms with E-state index in [-0.39, 0.29) is 5.41 Å². The van der Waals surface area contributed by atoms with Crippen LogP contribution in [0.1, 0.15) is 19.4 Å². The second kappa shape index (κ2) is 3.28. The van der Waals surface area contributed by atoms with E-state index in [2.05, 4.69) is 26.5 Å². The molecule has 1 radical (unpaired) electrons. The maximum Gasteiger partial charge on any atom is 0.0417 e. The van der Waals surface area contributed by atoms with Gasteiger partial charge in [-0.3, -0.25) is 0 Å². The highest BCUT2D eigenvalue weighted by Gasteiger charge is 2.18. The highest BCUT2D eigenvalue weighted by molar-refractivity contribution is 7.80. The molecule has 0 atom stereocenters. The second-order valence-corrected chi connectivity index (χ2v) is 3.86. The Balaban J connectivity index is 3.19. The van der Waals surface area contributed by atoms with Crippen molar-refractivity contribution in [3.05, 3.63) is 42.5 Å². The summed E-state index contributed by atoms with van der Waals surface area (Å²) in [5, 5.41) is 0. The molecule has 0 spiro atoms. The summed E-state index contributed by atoms with van der Waals surface area (Å²) in [5.74, 6) is 0. The molecule has 12 heavy (non-hydrogen) atoms. The normalized spacial score (nSPS) is 11.2. The molecular formula is C11H13S. The fourth-order valence-electron chi connectivity index (χ4n) is 1.11. The molecular weight excluding hydrogens is 164 g/mol. The molecule has 0 aliphatic heterocycles. The number of rotatable bonds is 2. The number of benzene rings is 1. The first kappa shape index (κ1) is 9.27. The van der Waals surface area contributed by atoms with Crippen molar-refractivity contribution in [2.45, 2.75) is 24.2 Å². The third-order valence-corrected chi connectivity index (χ3v) is 2.45. The SMILES string of the molecule is C=CC(C)(C)c1ccccc1[S]. The van der Waals surface area contributed by atoms with Gasteiger partial charge in [0, 0.05) is 10.3 Å². The zero-order valence-corrected chi connectivity index (χ0v) is 8.32. The van der Waals surface area contributed by atoms with E-state index in [4.69, 9.17) is 12.6 Å². The van der Waals surface area contributed by atoms with E-state index in [9.17, 15) is 0 Å². The first-order chi connectivity index (χ1) is 5.58. The van der Waals surface area contributed by atoms with Gasteiger partial charge in [0.25, 0.3) is 0 Å². The average molecular weight is 177 g/mol. The fraction of sp³-hybridized carbons (Fsp3) is 0.273. The van der Waals surface area contributed by atoms with E-state index in [1.165, 1.54) is 5.56 Å². The molecule has 0 fully saturated rings. The molecule has 0 saturated heterocycles. The highest BCUT2D eigenvalue weighted by Crippen LogP contribution is 2.28. The summed E-state index contributed by atoms with van der Waals surface area (Å²) in [6.45, 7) is 8.04. The Morgan fingerprint density at radius 2 is 1.92 bits per heavy atom. The molecule has 0 unspecified atom stereocenters. The molecule has 1 rings (SSSR count). The molecule has 1 aromatic carbocycles. The van der Waals surface area contributed by atoms with Crippen molar-refractivity contribution >= 4 is 12.6 Å². The van der Waals surface area contributed by atoms with Gasteiger partial charge in [-0.25, -0.2) is 0 Å². The third kappa shape index (κ3) is 1.67. The van der Waals surface area contributed by atoms with Crippen molar-refractivity contribution in [3.8, 4) is 0 Å². The number of hydrogen-bond acceptors (Lipinski definition) is 0. The predicted molar refractivity (Wildman–Crippen MR) is 55.5 cm³/mol. The minimum Gasteiger partial charge on any atom is -0.102 e. The quantitative estimate of drug-likeness (QED) is 0.604. The largest absolute Gasteiger partial charge is 0.102 e. The summed E-state index contributed by atoms with van der Waals surface area (Å²) in [7, 11) is 0. The fourth-order valence-corrected chi connectivity index (χ4v) is 1.52. The standard InChI is InChI=1S/C11H13S/c1-4-11(2,3)9-7-5-6-8-10(9)12/h4-8H,1H2,2-3H3. The van der Waals surface area contributed by atoms with Gasteiger partial charge in [0.05, 0.1) is 0 Å². The van der Waals surface area contributed by atoms with Crippen LogP contribution in [0.25, 0.3) is 0 Å². The van der Waals surface area contributed by atoms with Crippen LogP contribution in [0.15, 0.2) is 41.8 Å². The molecule has 0 N–H and O–H groups in total. The lowest BCUT2D eigenvalue weighted by Crippen LogP contribution is -2.13. The van der Waals surface area contributed by atoms with Crippen LogP contribution in [0.3, 0.4) is 0 Å². The summed E-state index contributed by atoms with van der Waals surface area (Å²) >= 11 is 5.22. The van der Waals surface area contributed by atoms with Gasteiger partial charge in [0.2, 0.25) is 0 Å². The van der Waals surface area contributed by atoms with Crippen LogP contribution in [-0.2, 0) is 5.41 Å². The van der Waals surface area contributed by atoms with Crippen LogP contribution in [-0.4, -0.2) is 0 Å². The highest BCUT2D eigenvalue weighted by atomic mass is 32.1. The Morgan fingerprint density at radius 3 is 2.42 bits per heavy atom. The van der Waals surface area contributed by atoms with Crippen LogP contribution >= 0.6 is 12.6 Å². The Hall–Kier alpha value is -0.820. The molecule has 0 amide bonds. The van der Waals surface area contributed by atoms with Crippen LogP contribution < -0.4 is 0 Å². The summed E-state index contributed by atoms with van der Waals surface area (Å²) in [5.41, 5.74) is 1.16. The maximum absolute atomic E-state index is 5.22. The molecule has 1 aromatic rings. The van der Waals surface area contributed by atoms with E-state index in [0.717, 1.165) is 4.90 Å². The van der Waals surface area contributed by atoms with E-state index in [0.29, 0.717) is 0 Å². The Bertz CT molecular complexity index is 287. The number of hydrogen-bond donors (Lipinski definition) is 0. The molecule has 0 aromatic heterocycles. The molecule has 0 bridgehead atoms. The van der Waals surface area contributed by atoms with Crippen molar-refractivity contribution in [3.63, 3.8) is 0 Å². The first-order valence-electron chi connectivity index (χ1n) is 3.98. The van der Waals surface area contributed by atoms with Crippen molar-refractivity contribution in [2.75, 3.05) is 0 Å². The topological polar surface area (TPSA) is 0 Å². The summed E-state index contributed by atoms with van der Waals surface area (Å²) < 4.78 is 0. The van der Waals surface area contributed by atoms with Gasteiger partial charge in [-0.15, -0.1) is 6.58 Å². The second-order valence-electron chi connectivity index (χ2n) is 3.42. The van der Waals surface area contributed by atoms with E-state index in [1.54, 1.807) is 0 Å². The zero-order valence-electron chi connectivity index (χ0n) is 7.50. The van der Waals surface area contributed by atoms with Gasteiger partial charge >= 0.3 is 0 Å². The Kier molecular flexibility index (Phi) is 2.53. The van der Waals surface area contributed by atoms with Gasteiger partial charge in [-0.2, -0.15) is 0 Å². The van der Waals surface area contributed by atoms with Crippen LogP contribution in [0.2, 0.25) is 0 Å². The molecule has 0 saturated carbocycles. The van der Waals surface area contributed by atoms with E-state index < -0.39 is 0 Å². The molecule has 0 aliphatic rings. The van der Waals surface area contributed by atoms with E-state index >= 15 is 0 Å². The Labute approximate surface area is 79.7 Å². The van der Waals surface area contributed by atoms with Crippen LogP contribution in [0.4, 0.5) is 0 Å². The Morgan fingerprint density at radius 1 is 1.33 bits per heavy atom. The van der Waals surface area contributed by atoms with Crippen molar-refractivity contribution in [1.82, 2.24) is 0 Å². The lowest BCUT2D eigenvalue weighted by molar-refractivity contribution is 0.657. The third-order valence-electron chi connectivity index (χ3n) is 2.09. The monoisotopic (exact) mass is 177 g/mol. The number of allylic oxidation sites excluding steroid dienone is 1. The van der Waals surface area contributed by atoms with Gasteiger partial charge < -0.3 is 0 Å². The van der Waals surface area contributed by atoms with E-state index in [1.807, 2.05) is 24.3 Å². The smallest absolute Gasteiger partial charge is 0.0417 e. The van der Waals surface area contributed by atoms with Crippen LogP contribution in [0.5, 0.6) is 0 Å². The van der Waals surface area contributed by atoms with Crippen molar-refractivity contribution < 1.29 is 0 Å². The minimum absolute atomic E-state index is 0.0155. The first-order valence-corrected chi connectivity index (χ1v) is 4.39. The summed E-state index contributed by atoms with van der Waals surface area (Å²) in [4.78, 5) is 0.919. The lowest BCUT2D eigenvalue weighted by atomic mass is 9.85. The molecule has 0 aliphatic carbocycles. The van der Waals surface area contributed by atoms with Crippen molar-refractivity contribution in [1.29, 1.82) is 0 Å². The zero-order chi connectivity index (χ0) is 9.19. The van der Waals surface area contributed by atoms with Crippen molar-refractivity contribution in [2.24, 2.45) is 0 Å². The van der Waals surface area contributed by atoms with Gasteiger partial charge in [0.1, 0.15) is 0 Å². The molecule has 63 valence electrons. The lowest BCUT2D eigenvalue weighted by Gasteiger charge is -2.21. The predicted octanol–water partition coefficient (Wildman–Crippen LogP) is 3.71. The van der Waals surface area contributed by atoms with Crippen LogP contribution in [0, 0.1) is 0 Å². The minimum atomic E-state index is -0.0155. The molecule has 0 heterocycles. The molecule has 1 heteroatoms. The summed E-state index contributed by atoms with van der Waals surface area (Å²) in [6, 6.07) is 7.99. The van der Waals surface area contributed by atoms with Gasteiger partial charge in [-0.1, -0.05) is 50.8 Å². The van der Waals surface area contributed by atoms with Gasteiger partial charge in [-0.05, 0) is 11.6 Å². The maximum atomic E-state index is 5.22. The van der Waals surface area contributed by atoms with Gasteiger partial charge in [0.15, 0.2) is 0 Å². The summed E-state index contributed by atoms with van der Waals surface area (Å²) in [6.07, 6.45) is 1.93.